The zero-order chi connectivity index (χ0) is 8.85. The summed E-state index contributed by atoms with van der Waals surface area (Å²) in [6, 6.07) is 0. The van der Waals surface area contributed by atoms with Crippen molar-refractivity contribution in [2.45, 2.75) is 26.4 Å². The van der Waals surface area contributed by atoms with Crippen LogP contribution in [0.4, 0.5) is 0 Å². The molecule has 4 heteroatoms. The first-order chi connectivity index (χ1) is 5.11. The molecule has 0 aromatic carbocycles. The molecule has 11 heavy (non-hydrogen) atoms. The van der Waals surface area contributed by atoms with Crippen LogP contribution in [0.25, 0.3) is 0 Å². The highest BCUT2D eigenvalue weighted by Crippen LogP contribution is 2.00. The highest BCUT2D eigenvalue weighted by atomic mass is 16.7. The zero-order valence-corrected chi connectivity index (χ0v) is 6.70. The third kappa shape index (κ3) is 3.75. The molecule has 0 aliphatic rings. The van der Waals surface area contributed by atoms with Gasteiger partial charge in [0.2, 0.25) is 0 Å². The molecule has 0 heterocycles. The van der Waals surface area contributed by atoms with Gasteiger partial charge in [0.1, 0.15) is 0 Å². The number of hydrogen-bond donors (Lipinski definition) is 2. The second-order valence-electron chi connectivity index (χ2n) is 2.23. The van der Waals surface area contributed by atoms with E-state index < -0.39 is 12.1 Å². The van der Waals surface area contributed by atoms with Crippen molar-refractivity contribution in [1.29, 1.82) is 0 Å². The smallest absolute Gasteiger partial charge is 0.351 e. The Labute approximate surface area is 65.6 Å². The molecule has 0 bridgehead atoms. The minimum absolute atomic E-state index is 0.321. The van der Waals surface area contributed by atoms with E-state index in [0.29, 0.717) is 12.0 Å². The van der Waals surface area contributed by atoms with Crippen molar-refractivity contribution in [2.75, 3.05) is 0 Å². The predicted molar refractivity (Wildman–Crippen MR) is 40.3 cm³/mol. The molecule has 0 saturated heterocycles. The second-order valence-corrected chi connectivity index (χ2v) is 2.23. The number of aliphatic hydroxyl groups is 1. The van der Waals surface area contributed by atoms with E-state index in [1.165, 1.54) is 13.0 Å². The summed E-state index contributed by atoms with van der Waals surface area (Å²) in [4.78, 5) is 14.6. The number of nitrogens with two attached hydrogens (primary N) is 1. The molecule has 0 aromatic rings. The van der Waals surface area contributed by atoms with Crippen molar-refractivity contribution in [3.8, 4) is 0 Å². The lowest BCUT2D eigenvalue weighted by atomic mass is 10.2. The minimum Gasteiger partial charge on any atom is -0.389 e. The van der Waals surface area contributed by atoms with Crippen molar-refractivity contribution in [3.63, 3.8) is 0 Å². The van der Waals surface area contributed by atoms with Crippen molar-refractivity contribution in [2.24, 2.45) is 5.90 Å². The monoisotopic (exact) mass is 159 g/mol. The first-order valence-corrected chi connectivity index (χ1v) is 3.39. The van der Waals surface area contributed by atoms with Crippen LogP contribution in [-0.4, -0.2) is 17.2 Å². The third-order valence-corrected chi connectivity index (χ3v) is 1.29. The van der Waals surface area contributed by atoms with Gasteiger partial charge in [0.15, 0.2) is 0 Å². The Morgan fingerprint density at radius 1 is 1.82 bits per heavy atom. The fourth-order valence-electron chi connectivity index (χ4n) is 0.567. The van der Waals surface area contributed by atoms with Crippen LogP contribution in [0.2, 0.25) is 0 Å². The molecule has 0 spiro atoms. The lowest BCUT2D eigenvalue weighted by molar-refractivity contribution is -0.139. The molecule has 3 N–H and O–H groups in total. The molecule has 0 aromatic heterocycles. The normalized spacial score (nSPS) is 14.4. The fraction of sp³-hybridized carbons (Fsp3) is 0.571. The third-order valence-electron chi connectivity index (χ3n) is 1.29. The van der Waals surface area contributed by atoms with Crippen molar-refractivity contribution in [1.82, 2.24) is 0 Å². The average molecular weight is 159 g/mol. The van der Waals surface area contributed by atoms with Gasteiger partial charge in [0.25, 0.3) is 0 Å². The van der Waals surface area contributed by atoms with E-state index in [1.54, 1.807) is 0 Å². The van der Waals surface area contributed by atoms with Gasteiger partial charge in [0, 0.05) is 5.57 Å². The Bertz CT molecular complexity index is 165. The molecule has 0 rings (SSSR count). The SMILES string of the molecule is CCC(O)C=C(C)C(=O)ON. The van der Waals surface area contributed by atoms with Crippen LogP contribution in [-0.2, 0) is 9.63 Å². The lowest BCUT2D eigenvalue weighted by Gasteiger charge is -2.01. The summed E-state index contributed by atoms with van der Waals surface area (Å²) < 4.78 is 0. The van der Waals surface area contributed by atoms with Crippen LogP contribution in [0.15, 0.2) is 11.6 Å². The average Bonchev–Trinajstić information content (AvgIpc) is 2.02. The molecule has 1 unspecified atom stereocenters. The molecule has 4 nitrogen and oxygen atoms in total. The van der Waals surface area contributed by atoms with Gasteiger partial charge in [-0.2, -0.15) is 5.90 Å². The van der Waals surface area contributed by atoms with Gasteiger partial charge in [0.05, 0.1) is 6.10 Å². The number of rotatable bonds is 3. The summed E-state index contributed by atoms with van der Waals surface area (Å²) in [7, 11) is 0. The van der Waals surface area contributed by atoms with Gasteiger partial charge in [-0.3, -0.25) is 0 Å². The Morgan fingerprint density at radius 2 is 2.36 bits per heavy atom. The molecule has 1 atom stereocenters. The van der Waals surface area contributed by atoms with Crippen LogP contribution in [0, 0.1) is 0 Å². The molecular formula is C7H13NO3. The highest BCUT2D eigenvalue weighted by Gasteiger charge is 2.05. The first kappa shape index (κ1) is 10.1. The van der Waals surface area contributed by atoms with Gasteiger partial charge in [-0.05, 0) is 19.4 Å². The Morgan fingerprint density at radius 3 is 2.73 bits per heavy atom. The number of carbonyl (C=O) groups is 1. The van der Waals surface area contributed by atoms with Crippen LogP contribution in [0.5, 0.6) is 0 Å². The predicted octanol–water partition coefficient (Wildman–Crippen LogP) is 0.120. The van der Waals surface area contributed by atoms with Gasteiger partial charge >= 0.3 is 5.97 Å². The van der Waals surface area contributed by atoms with Crippen LogP contribution < -0.4 is 5.90 Å². The van der Waals surface area contributed by atoms with E-state index >= 15 is 0 Å². The highest BCUT2D eigenvalue weighted by molar-refractivity contribution is 5.87. The zero-order valence-electron chi connectivity index (χ0n) is 6.70. The van der Waals surface area contributed by atoms with E-state index in [-0.39, 0.29) is 0 Å². The molecule has 0 aliphatic heterocycles. The van der Waals surface area contributed by atoms with Gasteiger partial charge < -0.3 is 9.94 Å². The fourth-order valence-corrected chi connectivity index (χ4v) is 0.567. The maximum atomic E-state index is 10.6. The Hall–Kier alpha value is -0.870. The summed E-state index contributed by atoms with van der Waals surface area (Å²) in [5.41, 5.74) is 0.321. The van der Waals surface area contributed by atoms with Crippen LogP contribution in [0.3, 0.4) is 0 Å². The molecular weight excluding hydrogens is 146 g/mol. The summed E-state index contributed by atoms with van der Waals surface area (Å²) in [6.07, 6.45) is 1.37. The first-order valence-electron chi connectivity index (χ1n) is 3.39. The van der Waals surface area contributed by atoms with Crippen molar-refractivity contribution < 1.29 is 14.7 Å². The van der Waals surface area contributed by atoms with Crippen molar-refractivity contribution >= 4 is 5.97 Å². The van der Waals surface area contributed by atoms with Crippen LogP contribution >= 0.6 is 0 Å². The minimum atomic E-state index is -0.613. The van der Waals surface area contributed by atoms with E-state index in [1.807, 2.05) is 6.92 Å². The number of hydrogen-bond acceptors (Lipinski definition) is 4. The summed E-state index contributed by atoms with van der Waals surface area (Å²) in [6.45, 7) is 3.34. The van der Waals surface area contributed by atoms with Crippen LogP contribution in [0.1, 0.15) is 20.3 Å². The van der Waals surface area contributed by atoms with Gasteiger partial charge in [-0.15, -0.1) is 0 Å². The summed E-state index contributed by atoms with van der Waals surface area (Å²) >= 11 is 0. The maximum absolute atomic E-state index is 10.6. The molecule has 0 fully saturated rings. The van der Waals surface area contributed by atoms with E-state index in [9.17, 15) is 4.79 Å². The molecule has 0 radical (unpaired) electrons. The topological polar surface area (TPSA) is 72.5 Å². The molecule has 0 amide bonds. The maximum Gasteiger partial charge on any atom is 0.351 e. The largest absolute Gasteiger partial charge is 0.389 e. The lowest BCUT2D eigenvalue weighted by Crippen LogP contribution is -2.12. The second kappa shape index (κ2) is 4.87. The Kier molecular flexibility index (Phi) is 4.49. The van der Waals surface area contributed by atoms with Gasteiger partial charge in [-0.25, -0.2) is 4.79 Å². The van der Waals surface area contributed by atoms with E-state index in [2.05, 4.69) is 10.7 Å². The standard InChI is InChI=1S/C7H13NO3/c1-3-6(9)4-5(2)7(10)11-8/h4,6,9H,3,8H2,1-2H3. The number of carbonyl (C=O) groups excluding carboxylic acids is 1. The molecule has 0 aliphatic carbocycles. The van der Waals surface area contributed by atoms with Gasteiger partial charge in [-0.1, -0.05) is 6.92 Å². The van der Waals surface area contributed by atoms with Crippen molar-refractivity contribution in [3.05, 3.63) is 11.6 Å². The van der Waals surface area contributed by atoms with E-state index in [4.69, 9.17) is 5.11 Å². The molecule has 64 valence electrons. The molecule has 0 saturated carbocycles. The van der Waals surface area contributed by atoms with E-state index in [0.717, 1.165) is 0 Å². The summed E-state index contributed by atoms with van der Waals surface area (Å²) in [5, 5.41) is 9.05. The number of aliphatic hydroxyl groups excluding tert-OH is 1. The quantitative estimate of drug-likeness (QED) is 0.453. The summed E-state index contributed by atoms with van der Waals surface area (Å²) in [5.74, 6) is 4.00. The Balaban J connectivity index is 4.09.